The molecule has 2 aromatic heterocycles. The van der Waals surface area contributed by atoms with Gasteiger partial charge in [-0.2, -0.15) is 0 Å². The summed E-state index contributed by atoms with van der Waals surface area (Å²) in [7, 11) is 0. The summed E-state index contributed by atoms with van der Waals surface area (Å²) < 4.78 is 5.57. The Morgan fingerprint density at radius 2 is 2.04 bits per heavy atom. The molecule has 3 aromatic rings. The van der Waals surface area contributed by atoms with Crippen LogP contribution in [-0.4, -0.2) is 16.7 Å². The van der Waals surface area contributed by atoms with E-state index in [1.807, 2.05) is 0 Å². The number of nitro benzene ring substituents is 1. The Morgan fingerprint density at radius 3 is 2.79 bits per heavy atom. The summed E-state index contributed by atoms with van der Waals surface area (Å²) in [5.41, 5.74) is 7.21. The van der Waals surface area contributed by atoms with Crippen LogP contribution < -0.4 is 11.1 Å². The number of rotatable bonds is 5. The second-order valence-electron chi connectivity index (χ2n) is 6.35. The van der Waals surface area contributed by atoms with E-state index in [9.17, 15) is 19.7 Å². The number of nitrogens with one attached hydrogen (secondary N) is 1. The fourth-order valence-electron chi connectivity index (χ4n) is 3.31. The fraction of sp³-hybridized carbons (Fsp3) is 0.158. The van der Waals surface area contributed by atoms with Crippen molar-refractivity contribution >= 4 is 33.8 Å². The van der Waals surface area contributed by atoms with Gasteiger partial charge in [0.25, 0.3) is 17.5 Å². The molecule has 0 spiro atoms. The molecule has 0 unspecified atom stereocenters. The zero-order valence-corrected chi connectivity index (χ0v) is 15.4. The Bertz CT molecular complexity index is 1110. The molecule has 3 N–H and O–H groups in total. The van der Waals surface area contributed by atoms with Gasteiger partial charge in [0.2, 0.25) is 0 Å². The Balaban J connectivity index is 1.59. The maximum Gasteiger partial charge on any atom is 0.292 e. The van der Waals surface area contributed by atoms with E-state index in [-0.39, 0.29) is 11.4 Å². The average Bonchev–Trinajstić information content (AvgIpc) is 3.37. The van der Waals surface area contributed by atoms with E-state index >= 15 is 0 Å². The highest BCUT2D eigenvalue weighted by Crippen LogP contribution is 2.39. The van der Waals surface area contributed by atoms with Crippen molar-refractivity contribution < 1.29 is 18.9 Å². The quantitative estimate of drug-likeness (QED) is 0.500. The predicted molar refractivity (Wildman–Crippen MR) is 104 cm³/mol. The molecule has 0 aliphatic heterocycles. The molecule has 1 aromatic carbocycles. The topological polar surface area (TPSA) is 128 Å². The minimum absolute atomic E-state index is 0.0329. The minimum atomic E-state index is -0.563. The largest absolute Gasteiger partial charge is 0.451 e. The SMILES string of the molecule is NC(=O)c1c(NC(=O)c2ccc(-c3cccc([N+](=O)[O-])c3)o2)sc2c1CCC2. The average molecular weight is 397 g/mol. The van der Waals surface area contributed by atoms with E-state index in [2.05, 4.69) is 5.32 Å². The first-order valence-electron chi connectivity index (χ1n) is 8.54. The number of thiophene rings is 1. The Labute approximate surface area is 163 Å². The highest BCUT2D eigenvalue weighted by Gasteiger charge is 2.27. The van der Waals surface area contributed by atoms with Crippen LogP contribution in [0.15, 0.2) is 40.8 Å². The normalized spacial score (nSPS) is 12.6. The van der Waals surface area contributed by atoms with Crippen molar-refractivity contribution in [3.63, 3.8) is 0 Å². The van der Waals surface area contributed by atoms with Crippen LogP contribution in [0, 0.1) is 10.1 Å². The van der Waals surface area contributed by atoms with Crippen molar-refractivity contribution in [3.8, 4) is 11.3 Å². The second-order valence-corrected chi connectivity index (χ2v) is 7.46. The summed E-state index contributed by atoms with van der Waals surface area (Å²) in [5.74, 6) is -0.714. The Hall–Kier alpha value is -3.46. The molecule has 0 saturated carbocycles. The highest BCUT2D eigenvalue weighted by molar-refractivity contribution is 7.17. The van der Waals surface area contributed by atoms with Gasteiger partial charge in [-0.1, -0.05) is 12.1 Å². The summed E-state index contributed by atoms with van der Waals surface area (Å²) in [5, 5.41) is 14.1. The third kappa shape index (κ3) is 3.16. The summed E-state index contributed by atoms with van der Waals surface area (Å²) in [6, 6.07) is 8.99. The van der Waals surface area contributed by atoms with Gasteiger partial charge in [-0.3, -0.25) is 19.7 Å². The summed E-state index contributed by atoms with van der Waals surface area (Å²) >= 11 is 1.36. The molecule has 0 radical (unpaired) electrons. The van der Waals surface area contributed by atoms with Crippen LogP contribution in [0.5, 0.6) is 0 Å². The molecule has 1 aliphatic carbocycles. The third-order valence-electron chi connectivity index (χ3n) is 4.57. The van der Waals surface area contributed by atoms with Crippen LogP contribution in [0.1, 0.15) is 37.8 Å². The number of benzene rings is 1. The lowest BCUT2D eigenvalue weighted by Crippen LogP contribution is -2.17. The van der Waals surface area contributed by atoms with Gasteiger partial charge in [-0.15, -0.1) is 11.3 Å². The molecule has 8 nitrogen and oxygen atoms in total. The number of non-ortho nitro benzene ring substituents is 1. The molecular weight excluding hydrogens is 382 g/mol. The molecule has 1 aliphatic rings. The molecule has 2 amide bonds. The first-order chi connectivity index (χ1) is 13.4. The highest BCUT2D eigenvalue weighted by atomic mass is 32.1. The number of fused-ring (bicyclic) bond motifs is 1. The molecule has 0 saturated heterocycles. The Morgan fingerprint density at radius 1 is 1.21 bits per heavy atom. The van der Waals surface area contributed by atoms with Crippen LogP contribution in [0.2, 0.25) is 0 Å². The Kier molecular flexibility index (Phi) is 4.44. The van der Waals surface area contributed by atoms with E-state index < -0.39 is 16.7 Å². The smallest absolute Gasteiger partial charge is 0.292 e. The molecular formula is C19H15N3O5S. The summed E-state index contributed by atoms with van der Waals surface area (Å²) in [6.45, 7) is 0. The standard InChI is InChI=1S/C19H15N3O5S/c20-17(23)16-12-5-2-6-15(12)28-19(16)21-18(24)14-8-7-13(27-14)10-3-1-4-11(9-10)22(25)26/h1,3-4,7-9H,2,5-6H2,(H2,20,23)(H,21,24). The number of hydrogen-bond acceptors (Lipinski definition) is 6. The van der Waals surface area contributed by atoms with Crippen molar-refractivity contribution in [1.82, 2.24) is 0 Å². The van der Waals surface area contributed by atoms with E-state index in [0.717, 1.165) is 29.7 Å². The molecule has 9 heteroatoms. The van der Waals surface area contributed by atoms with Crippen LogP contribution >= 0.6 is 11.3 Å². The van der Waals surface area contributed by atoms with Crippen molar-refractivity contribution in [3.05, 3.63) is 68.3 Å². The first kappa shape index (κ1) is 17.9. The molecule has 142 valence electrons. The van der Waals surface area contributed by atoms with Gasteiger partial charge < -0.3 is 15.5 Å². The van der Waals surface area contributed by atoms with Gasteiger partial charge in [0.05, 0.1) is 10.5 Å². The van der Waals surface area contributed by atoms with Crippen molar-refractivity contribution in [1.29, 1.82) is 0 Å². The van der Waals surface area contributed by atoms with Crippen molar-refractivity contribution in [2.24, 2.45) is 5.73 Å². The zero-order chi connectivity index (χ0) is 19.8. The molecule has 2 heterocycles. The zero-order valence-electron chi connectivity index (χ0n) is 14.6. The molecule has 0 fully saturated rings. The number of nitro groups is 1. The van der Waals surface area contributed by atoms with Gasteiger partial charge in [0.1, 0.15) is 10.8 Å². The third-order valence-corrected chi connectivity index (χ3v) is 5.77. The van der Waals surface area contributed by atoms with Crippen LogP contribution in [0.25, 0.3) is 11.3 Å². The van der Waals surface area contributed by atoms with Crippen LogP contribution in [0.3, 0.4) is 0 Å². The van der Waals surface area contributed by atoms with E-state index in [4.69, 9.17) is 10.2 Å². The van der Waals surface area contributed by atoms with Gasteiger partial charge in [-0.25, -0.2) is 0 Å². The number of nitrogens with zero attached hydrogens (tertiary/aromatic N) is 1. The van der Waals surface area contributed by atoms with Crippen molar-refractivity contribution in [2.45, 2.75) is 19.3 Å². The lowest BCUT2D eigenvalue weighted by Gasteiger charge is -2.04. The van der Waals surface area contributed by atoms with Gasteiger partial charge in [0, 0.05) is 22.6 Å². The first-order valence-corrected chi connectivity index (χ1v) is 9.36. The molecule has 0 bridgehead atoms. The number of primary amides is 1. The van der Waals surface area contributed by atoms with Crippen LogP contribution in [-0.2, 0) is 12.8 Å². The minimum Gasteiger partial charge on any atom is -0.451 e. The predicted octanol–water partition coefficient (Wildman–Crippen LogP) is 3.76. The number of carbonyl (C=O) groups excluding carboxylic acids is 2. The number of hydrogen-bond donors (Lipinski definition) is 2. The van der Waals surface area contributed by atoms with Crippen LogP contribution in [0.4, 0.5) is 10.7 Å². The van der Waals surface area contributed by atoms with Gasteiger partial charge in [0.15, 0.2) is 5.76 Å². The second kappa shape index (κ2) is 6.93. The van der Waals surface area contributed by atoms with Gasteiger partial charge in [-0.05, 0) is 37.0 Å². The van der Waals surface area contributed by atoms with Gasteiger partial charge >= 0.3 is 0 Å². The number of aryl methyl sites for hydroxylation is 1. The molecule has 4 rings (SSSR count). The van der Waals surface area contributed by atoms with Crippen molar-refractivity contribution in [2.75, 3.05) is 5.32 Å². The monoisotopic (exact) mass is 397 g/mol. The maximum atomic E-state index is 12.6. The lowest BCUT2D eigenvalue weighted by molar-refractivity contribution is -0.384. The number of amides is 2. The van der Waals surface area contributed by atoms with E-state index in [1.165, 1.54) is 29.5 Å². The number of anilines is 1. The van der Waals surface area contributed by atoms with E-state index in [1.54, 1.807) is 18.2 Å². The molecule has 0 atom stereocenters. The number of carbonyl (C=O) groups is 2. The molecule has 28 heavy (non-hydrogen) atoms. The van der Waals surface area contributed by atoms with E-state index in [0.29, 0.717) is 21.9 Å². The number of furan rings is 1. The fourth-order valence-corrected chi connectivity index (χ4v) is 4.60. The number of nitrogens with two attached hydrogens (primary N) is 1. The lowest BCUT2D eigenvalue weighted by atomic mass is 10.1. The maximum absolute atomic E-state index is 12.6. The summed E-state index contributed by atoms with van der Waals surface area (Å²) in [6.07, 6.45) is 2.62. The summed E-state index contributed by atoms with van der Waals surface area (Å²) in [4.78, 5) is 35.9.